The summed E-state index contributed by atoms with van der Waals surface area (Å²) in [4.78, 5) is 25.3. The predicted molar refractivity (Wildman–Crippen MR) is 128 cm³/mol. The minimum atomic E-state index is -2.24. The molecular formula is C25H32F2N4O2. The molecule has 0 radical (unpaired) electrons. The zero-order valence-corrected chi connectivity index (χ0v) is 19.0. The van der Waals surface area contributed by atoms with Crippen molar-refractivity contribution in [2.75, 3.05) is 0 Å². The van der Waals surface area contributed by atoms with Gasteiger partial charge in [0, 0.05) is 43.7 Å². The first kappa shape index (κ1) is 26.1. The van der Waals surface area contributed by atoms with Gasteiger partial charge in [-0.2, -0.15) is 10.2 Å². The Balaban J connectivity index is 0.000000204. The molecule has 4 rings (SSSR count). The molecule has 1 aromatic heterocycles. The number of hydrogen-bond donors (Lipinski definition) is 2. The van der Waals surface area contributed by atoms with E-state index in [1.165, 1.54) is 19.3 Å². The van der Waals surface area contributed by atoms with E-state index in [0.717, 1.165) is 22.7 Å². The number of aromatic nitrogens is 1. The zero-order chi connectivity index (χ0) is 24.2. The minimum absolute atomic E-state index is 0.0140. The summed E-state index contributed by atoms with van der Waals surface area (Å²) in [5, 5.41) is 8.73. The second kappa shape index (κ2) is 13.4. The number of fused-ring (bicyclic) bond motifs is 1. The molecular weight excluding hydrogens is 426 g/mol. The quantitative estimate of drug-likeness (QED) is 0.426. The molecule has 1 aliphatic heterocycles. The number of aromatic amines is 1. The topological polar surface area (TPSA) is 86.7 Å². The summed E-state index contributed by atoms with van der Waals surface area (Å²) in [5.41, 5.74) is 3.73. The highest BCUT2D eigenvalue weighted by Crippen LogP contribution is 2.37. The number of rotatable bonds is 8. The Morgan fingerprint density at radius 3 is 2.45 bits per heavy atom. The molecule has 0 bridgehead atoms. The van der Waals surface area contributed by atoms with E-state index in [0.29, 0.717) is 30.9 Å². The second-order valence-electron chi connectivity index (χ2n) is 8.29. The number of halogens is 2. The maximum Gasteiger partial charge on any atom is 0.251 e. The number of alkyl halides is 2. The van der Waals surface area contributed by atoms with Crippen molar-refractivity contribution in [1.29, 1.82) is 0 Å². The molecule has 6 nitrogen and oxygen atoms in total. The molecule has 0 spiro atoms. The molecule has 33 heavy (non-hydrogen) atoms. The molecule has 0 saturated heterocycles. The van der Waals surface area contributed by atoms with Gasteiger partial charge in [0.15, 0.2) is 0 Å². The van der Waals surface area contributed by atoms with Gasteiger partial charge in [0.05, 0.1) is 0 Å². The van der Waals surface area contributed by atoms with Gasteiger partial charge in [0.25, 0.3) is 5.91 Å². The SMILES string of the molecule is C=NN=C.CC(CC1CC1)c1cccc(=O)[nH]1.O=C1NCc2ccc(CCCC(F)F)cc21. The first-order valence-electron chi connectivity index (χ1n) is 11.1. The van der Waals surface area contributed by atoms with Crippen LogP contribution in [0.2, 0.25) is 0 Å². The Labute approximate surface area is 193 Å². The average Bonchev–Trinajstić information content (AvgIpc) is 3.55. The lowest BCUT2D eigenvalue weighted by Gasteiger charge is -2.09. The number of hydrogen-bond acceptors (Lipinski definition) is 4. The van der Waals surface area contributed by atoms with Crippen LogP contribution < -0.4 is 10.9 Å². The maximum absolute atomic E-state index is 12.0. The summed E-state index contributed by atoms with van der Waals surface area (Å²) >= 11 is 0. The van der Waals surface area contributed by atoms with E-state index >= 15 is 0 Å². The third-order valence-electron chi connectivity index (χ3n) is 5.55. The van der Waals surface area contributed by atoms with E-state index < -0.39 is 6.43 Å². The molecule has 1 aliphatic carbocycles. The number of aryl methyl sites for hydroxylation is 1. The van der Waals surface area contributed by atoms with E-state index in [4.69, 9.17) is 0 Å². The molecule has 1 fully saturated rings. The van der Waals surface area contributed by atoms with Crippen molar-refractivity contribution in [3.8, 4) is 0 Å². The Hall–Kier alpha value is -3.16. The Kier molecular flexibility index (Phi) is 10.6. The molecule has 2 N–H and O–H groups in total. The highest BCUT2D eigenvalue weighted by atomic mass is 19.3. The second-order valence-corrected chi connectivity index (χ2v) is 8.29. The van der Waals surface area contributed by atoms with Crippen LogP contribution in [0.1, 0.15) is 72.1 Å². The Bertz CT molecular complexity index is 980. The fraction of sp³-hybridized carbons (Fsp3) is 0.440. The smallest absolute Gasteiger partial charge is 0.251 e. The molecule has 8 heteroatoms. The van der Waals surface area contributed by atoms with Crippen LogP contribution in [-0.2, 0) is 13.0 Å². The van der Waals surface area contributed by atoms with Crippen LogP contribution >= 0.6 is 0 Å². The molecule has 1 atom stereocenters. The fourth-order valence-corrected chi connectivity index (χ4v) is 3.61. The lowest BCUT2D eigenvalue weighted by molar-refractivity contribution is 0.0965. The minimum Gasteiger partial charge on any atom is -0.348 e. The van der Waals surface area contributed by atoms with Crippen LogP contribution in [-0.4, -0.2) is 30.8 Å². The molecule has 1 unspecified atom stereocenters. The fourth-order valence-electron chi connectivity index (χ4n) is 3.61. The van der Waals surface area contributed by atoms with Gasteiger partial charge in [-0.05, 0) is 54.4 Å². The van der Waals surface area contributed by atoms with Gasteiger partial charge in [-0.1, -0.05) is 38.0 Å². The molecule has 2 aliphatic rings. The van der Waals surface area contributed by atoms with Gasteiger partial charge in [-0.15, -0.1) is 0 Å². The average molecular weight is 459 g/mol. The molecule has 2 aromatic rings. The van der Waals surface area contributed by atoms with E-state index in [1.807, 2.05) is 30.3 Å². The monoisotopic (exact) mass is 458 g/mol. The van der Waals surface area contributed by atoms with E-state index in [2.05, 4.69) is 40.9 Å². The summed E-state index contributed by atoms with van der Waals surface area (Å²) in [7, 11) is 0. The summed E-state index contributed by atoms with van der Waals surface area (Å²) in [5.74, 6) is 1.35. The molecule has 1 aromatic carbocycles. The van der Waals surface area contributed by atoms with Gasteiger partial charge in [-0.3, -0.25) is 9.59 Å². The summed E-state index contributed by atoms with van der Waals surface area (Å²) in [6, 6.07) is 11.0. The van der Waals surface area contributed by atoms with Crippen molar-refractivity contribution in [3.63, 3.8) is 0 Å². The van der Waals surface area contributed by atoms with Crippen molar-refractivity contribution in [2.45, 2.75) is 64.3 Å². The van der Waals surface area contributed by atoms with Crippen molar-refractivity contribution in [1.82, 2.24) is 10.3 Å². The summed E-state index contributed by atoms with van der Waals surface area (Å²) in [6.45, 7) is 8.76. The molecule has 1 saturated carbocycles. The first-order chi connectivity index (χ1) is 15.8. The lowest BCUT2D eigenvalue weighted by Crippen LogP contribution is -2.12. The van der Waals surface area contributed by atoms with Crippen molar-refractivity contribution in [2.24, 2.45) is 16.1 Å². The third-order valence-corrected chi connectivity index (χ3v) is 5.55. The predicted octanol–water partition coefficient (Wildman–Crippen LogP) is 5.10. The number of amides is 1. The van der Waals surface area contributed by atoms with Crippen molar-refractivity contribution >= 4 is 19.3 Å². The first-order valence-corrected chi connectivity index (χ1v) is 11.1. The Morgan fingerprint density at radius 1 is 1.12 bits per heavy atom. The standard InChI is InChI=1S/C12H13F2NO.C11H15NO.C2H4N2/c13-11(14)3-1-2-8-4-5-9-7-15-12(16)10(9)6-8;1-8(7-9-5-6-9)10-3-2-4-11(13)12-10;1-3-4-2/h4-6,11H,1-3,7H2,(H,15,16);2-4,8-9H,5-7H2,1H3,(H,12,13);1-2H2. The number of nitrogens with zero attached hydrogens (tertiary/aromatic N) is 2. The van der Waals surface area contributed by atoms with E-state index in [-0.39, 0.29) is 17.9 Å². The zero-order valence-electron chi connectivity index (χ0n) is 19.0. The van der Waals surface area contributed by atoms with E-state index in [9.17, 15) is 18.4 Å². The van der Waals surface area contributed by atoms with Crippen LogP contribution in [0.15, 0.2) is 51.4 Å². The summed E-state index contributed by atoms with van der Waals surface area (Å²) in [6.07, 6.45) is 2.72. The van der Waals surface area contributed by atoms with Crippen molar-refractivity contribution < 1.29 is 13.6 Å². The molecule has 2 heterocycles. The number of carbonyl (C=O) groups is 1. The van der Waals surface area contributed by atoms with Gasteiger partial charge in [-0.25, -0.2) is 8.78 Å². The number of carbonyl (C=O) groups excluding carboxylic acids is 1. The summed E-state index contributed by atoms with van der Waals surface area (Å²) < 4.78 is 23.9. The maximum atomic E-state index is 12.0. The van der Waals surface area contributed by atoms with Gasteiger partial charge in [0.2, 0.25) is 12.0 Å². The largest absolute Gasteiger partial charge is 0.348 e. The van der Waals surface area contributed by atoms with E-state index in [1.54, 1.807) is 6.07 Å². The number of nitrogens with one attached hydrogen (secondary N) is 2. The highest BCUT2D eigenvalue weighted by Gasteiger charge is 2.24. The third kappa shape index (κ3) is 9.47. The molecule has 178 valence electrons. The van der Waals surface area contributed by atoms with Gasteiger partial charge >= 0.3 is 0 Å². The van der Waals surface area contributed by atoms with Crippen LogP contribution in [0.25, 0.3) is 0 Å². The van der Waals surface area contributed by atoms with Crippen molar-refractivity contribution in [3.05, 3.63) is 69.1 Å². The van der Waals surface area contributed by atoms with Crippen LogP contribution in [0.5, 0.6) is 0 Å². The van der Waals surface area contributed by atoms with Gasteiger partial charge < -0.3 is 10.3 Å². The number of H-pyrrole nitrogens is 1. The highest BCUT2D eigenvalue weighted by molar-refractivity contribution is 5.98. The molecule has 1 amide bonds. The van der Waals surface area contributed by atoms with Crippen LogP contribution in [0, 0.1) is 5.92 Å². The lowest BCUT2D eigenvalue weighted by atomic mass is 10.0. The normalized spacial score (nSPS) is 14.7. The Morgan fingerprint density at radius 2 is 1.85 bits per heavy atom. The number of benzene rings is 1. The van der Waals surface area contributed by atoms with Crippen LogP contribution in [0.3, 0.4) is 0 Å². The number of pyridine rings is 1. The van der Waals surface area contributed by atoms with Gasteiger partial charge in [0.1, 0.15) is 0 Å². The van der Waals surface area contributed by atoms with Crippen LogP contribution in [0.4, 0.5) is 8.78 Å².